The van der Waals surface area contributed by atoms with Gasteiger partial charge in [-0.3, -0.25) is 4.79 Å². The normalized spacial score (nSPS) is 11.9. The Labute approximate surface area is 128 Å². The number of halogens is 4. The highest BCUT2D eigenvalue weighted by atomic mass is 127. The van der Waals surface area contributed by atoms with Crippen LogP contribution in [-0.4, -0.2) is 29.6 Å². The molecule has 1 aromatic heterocycles. The zero-order valence-corrected chi connectivity index (χ0v) is 13.6. The molecule has 0 bridgehead atoms. The molecular weight excluding hydrogens is 390 g/mol. The number of carbonyl (C=O) groups excluding carboxylic acids is 1. The SMILES string of the molecule is CCC(CC)N(CC(F)(F)F)C(=O)c1csc(I)c1. The maximum absolute atomic E-state index is 12.6. The number of nitrogens with zero attached hydrogens (tertiary/aromatic N) is 1. The van der Waals surface area contributed by atoms with Crippen molar-refractivity contribution in [3.63, 3.8) is 0 Å². The molecule has 2 nitrogen and oxygen atoms in total. The van der Waals surface area contributed by atoms with Crippen molar-refractivity contribution in [1.29, 1.82) is 0 Å². The first-order valence-electron chi connectivity index (χ1n) is 5.90. The second kappa shape index (κ2) is 6.92. The summed E-state index contributed by atoms with van der Waals surface area (Å²) >= 11 is 3.40. The molecule has 1 amide bonds. The van der Waals surface area contributed by atoms with Crippen LogP contribution in [0.2, 0.25) is 0 Å². The number of carbonyl (C=O) groups is 1. The first kappa shape index (κ1) is 16.7. The molecule has 0 radical (unpaired) electrons. The van der Waals surface area contributed by atoms with Gasteiger partial charge in [0, 0.05) is 11.4 Å². The van der Waals surface area contributed by atoms with Crippen LogP contribution in [0.5, 0.6) is 0 Å². The third-order valence-electron chi connectivity index (χ3n) is 2.81. The Morgan fingerprint density at radius 2 is 2.00 bits per heavy atom. The molecule has 0 aliphatic carbocycles. The van der Waals surface area contributed by atoms with Crippen LogP contribution >= 0.6 is 33.9 Å². The Bertz CT molecular complexity index is 429. The molecule has 0 spiro atoms. The predicted octanol–water partition coefficient (Wildman–Crippen LogP) is 4.55. The van der Waals surface area contributed by atoms with E-state index in [-0.39, 0.29) is 6.04 Å². The zero-order valence-electron chi connectivity index (χ0n) is 10.6. The lowest BCUT2D eigenvalue weighted by Crippen LogP contribution is -2.45. The van der Waals surface area contributed by atoms with Crippen molar-refractivity contribution in [3.8, 4) is 0 Å². The van der Waals surface area contributed by atoms with E-state index in [2.05, 4.69) is 0 Å². The topological polar surface area (TPSA) is 20.3 Å². The third-order valence-corrected chi connectivity index (χ3v) is 4.60. The fourth-order valence-corrected chi connectivity index (χ4v) is 3.20. The molecule has 0 fully saturated rings. The molecule has 1 heterocycles. The average Bonchev–Trinajstić information content (AvgIpc) is 2.73. The number of alkyl halides is 3. The summed E-state index contributed by atoms with van der Waals surface area (Å²) in [5, 5.41) is 1.61. The molecule has 19 heavy (non-hydrogen) atoms. The van der Waals surface area contributed by atoms with Crippen LogP contribution in [0, 0.1) is 2.88 Å². The molecule has 0 unspecified atom stereocenters. The standard InChI is InChI=1S/C12H15F3INOS/c1-3-9(4-2)17(7-12(13,14)15)11(18)8-5-10(16)19-6-8/h5-6,9H,3-4,7H2,1-2H3. The fraction of sp³-hybridized carbons (Fsp3) is 0.583. The first-order chi connectivity index (χ1) is 8.78. The minimum absolute atomic E-state index is 0.338. The van der Waals surface area contributed by atoms with Gasteiger partial charge in [-0.25, -0.2) is 0 Å². The second-order valence-corrected chi connectivity index (χ2v) is 6.96. The maximum Gasteiger partial charge on any atom is 0.406 e. The highest BCUT2D eigenvalue weighted by molar-refractivity contribution is 14.1. The Hall–Kier alpha value is -0.310. The summed E-state index contributed by atoms with van der Waals surface area (Å²) in [7, 11) is 0. The van der Waals surface area contributed by atoms with Gasteiger partial charge in [-0.15, -0.1) is 11.3 Å². The minimum Gasteiger partial charge on any atom is -0.327 e. The highest BCUT2D eigenvalue weighted by Gasteiger charge is 2.36. The van der Waals surface area contributed by atoms with Gasteiger partial charge in [0.15, 0.2) is 0 Å². The van der Waals surface area contributed by atoms with E-state index < -0.39 is 18.6 Å². The third kappa shape index (κ3) is 4.94. The Morgan fingerprint density at radius 3 is 2.37 bits per heavy atom. The van der Waals surface area contributed by atoms with Gasteiger partial charge >= 0.3 is 6.18 Å². The molecule has 0 saturated heterocycles. The van der Waals surface area contributed by atoms with Crippen molar-refractivity contribution in [2.24, 2.45) is 0 Å². The molecule has 0 aromatic carbocycles. The quantitative estimate of drug-likeness (QED) is 0.659. The molecular formula is C12H15F3INOS. The van der Waals surface area contributed by atoms with E-state index in [9.17, 15) is 18.0 Å². The molecule has 0 aliphatic heterocycles. The van der Waals surface area contributed by atoms with Crippen molar-refractivity contribution in [3.05, 3.63) is 19.9 Å². The van der Waals surface area contributed by atoms with Crippen molar-refractivity contribution in [2.45, 2.75) is 38.9 Å². The number of amides is 1. The van der Waals surface area contributed by atoms with E-state index in [0.29, 0.717) is 18.4 Å². The van der Waals surface area contributed by atoms with Gasteiger partial charge in [0.2, 0.25) is 0 Å². The Morgan fingerprint density at radius 1 is 1.42 bits per heavy atom. The maximum atomic E-state index is 12.6. The number of thiophene rings is 1. The van der Waals surface area contributed by atoms with Crippen molar-refractivity contribution in [2.75, 3.05) is 6.54 Å². The largest absolute Gasteiger partial charge is 0.406 e. The van der Waals surface area contributed by atoms with Gasteiger partial charge < -0.3 is 4.90 Å². The monoisotopic (exact) mass is 405 g/mol. The van der Waals surface area contributed by atoms with Gasteiger partial charge in [0.1, 0.15) is 6.54 Å². The van der Waals surface area contributed by atoms with E-state index in [1.807, 2.05) is 22.6 Å². The molecule has 108 valence electrons. The van der Waals surface area contributed by atoms with Crippen LogP contribution in [0.15, 0.2) is 11.4 Å². The van der Waals surface area contributed by atoms with Gasteiger partial charge in [-0.2, -0.15) is 13.2 Å². The highest BCUT2D eigenvalue weighted by Crippen LogP contribution is 2.24. The van der Waals surface area contributed by atoms with E-state index in [0.717, 1.165) is 7.78 Å². The summed E-state index contributed by atoms with van der Waals surface area (Å²) in [6, 6.07) is 1.24. The van der Waals surface area contributed by atoms with E-state index in [4.69, 9.17) is 0 Å². The average molecular weight is 405 g/mol. The van der Waals surface area contributed by atoms with Crippen LogP contribution in [0.4, 0.5) is 13.2 Å². The summed E-state index contributed by atoms with van der Waals surface area (Å²) in [6.07, 6.45) is -3.35. The predicted molar refractivity (Wildman–Crippen MR) is 78.5 cm³/mol. The Balaban J connectivity index is 2.98. The van der Waals surface area contributed by atoms with Crippen molar-refractivity contribution < 1.29 is 18.0 Å². The zero-order chi connectivity index (χ0) is 14.6. The molecule has 1 rings (SSSR count). The minimum atomic E-state index is -4.37. The van der Waals surface area contributed by atoms with Crippen LogP contribution in [0.1, 0.15) is 37.0 Å². The number of rotatable bonds is 5. The van der Waals surface area contributed by atoms with Crippen LogP contribution in [0.3, 0.4) is 0 Å². The molecule has 0 atom stereocenters. The smallest absolute Gasteiger partial charge is 0.327 e. The van der Waals surface area contributed by atoms with Crippen LogP contribution < -0.4 is 0 Å². The molecule has 0 saturated carbocycles. The summed E-state index contributed by atoms with van der Waals surface area (Å²) < 4.78 is 38.8. The van der Waals surface area contributed by atoms with Gasteiger partial charge in [0.05, 0.1) is 8.45 Å². The van der Waals surface area contributed by atoms with Crippen molar-refractivity contribution >= 4 is 39.8 Å². The second-order valence-electron chi connectivity index (χ2n) is 4.16. The molecule has 0 N–H and O–H groups in total. The lowest BCUT2D eigenvalue weighted by Gasteiger charge is -2.31. The lowest BCUT2D eigenvalue weighted by molar-refractivity contribution is -0.144. The van der Waals surface area contributed by atoms with E-state index >= 15 is 0 Å². The summed E-state index contributed by atoms with van der Waals surface area (Å²) in [5.41, 5.74) is 0.338. The van der Waals surface area contributed by atoms with Gasteiger partial charge in [-0.05, 0) is 41.5 Å². The molecule has 1 aromatic rings. The van der Waals surface area contributed by atoms with Crippen LogP contribution in [-0.2, 0) is 0 Å². The van der Waals surface area contributed by atoms with Crippen molar-refractivity contribution in [1.82, 2.24) is 4.90 Å². The lowest BCUT2D eigenvalue weighted by atomic mass is 10.1. The van der Waals surface area contributed by atoms with Gasteiger partial charge in [-0.1, -0.05) is 13.8 Å². The molecule has 7 heteroatoms. The fourth-order valence-electron chi connectivity index (χ4n) is 1.88. The first-order valence-corrected chi connectivity index (χ1v) is 7.86. The number of hydrogen-bond acceptors (Lipinski definition) is 2. The van der Waals surface area contributed by atoms with E-state index in [1.54, 1.807) is 25.3 Å². The molecule has 0 aliphatic rings. The number of hydrogen-bond donors (Lipinski definition) is 0. The summed E-state index contributed by atoms with van der Waals surface area (Å²) in [5.74, 6) is -0.537. The van der Waals surface area contributed by atoms with Gasteiger partial charge in [0.25, 0.3) is 5.91 Å². The van der Waals surface area contributed by atoms with E-state index in [1.165, 1.54) is 11.3 Å². The summed E-state index contributed by atoms with van der Waals surface area (Å²) in [6.45, 7) is 2.40. The summed E-state index contributed by atoms with van der Waals surface area (Å²) in [4.78, 5) is 13.2. The Kier molecular flexibility index (Phi) is 6.10. The van der Waals surface area contributed by atoms with Crippen LogP contribution in [0.25, 0.3) is 0 Å².